The number of benzene rings is 1. The van der Waals surface area contributed by atoms with Gasteiger partial charge in [-0.3, -0.25) is 5.32 Å². The van der Waals surface area contributed by atoms with Crippen LogP contribution in [0.1, 0.15) is 32.8 Å². The van der Waals surface area contributed by atoms with Crippen molar-refractivity contribution in [2.75, 3.05) is 13.6 Å². The molecule has 1 aromatic carbocycles. The lowest BCUT2D eigenvalue weighted by Gasteiger charge is -2.31. The normalized spacial score (nSPS) is 21.3. The lowest BCUT2D eigenvalue weighted by molar-refractivity contribution is -0.435. The summed E-state index contributed by atoms with van der Waals surface area (Å²) in [6, 6.07) is 8.04. The van der Waals surface area contributed by atoms with Gasteiger partial charge in [0.15, 0.2) is 5.70 Å². The number of carbonyl (C=O) groups is 1. The van der Waals surface area contributed by atoms with E-state index < -0.39 is 5.60 Å². The molecule has 2 aliphatic heterocycles. The number of hydrogen-bond donors (Lipinski definition) is 1. The predicted octanol–water partition coefficient (Wildman–Crippen LogP) is 2.58. The zero-order chi connectivity index (χ0) is 18.2. The molecule has 1 atom stereocenters. The molecule has 1 fully saturated rings. The van der Waals surface area contributed by atoms with Gasteiger partial charge in [-0.1, -0.05) is 15.9 Å². The van der Waals surface area contributed by atoms with Gasteiger partial charge in [-0.2, -0.15) is 0 Å². The summed E-state index contributed by atoms with van der Waals surface area (Å²) in [6.45, 7) is 6.43. The molecule has 25 heavy (non-hydrogen) atoms. The number of hydrazine groups is 1. The number of amides is 1. The molecule has 2 N–H and O–H groups in total. The van der Waals surface area contributed by atoms with Crippen molar-refractivity contribution in [3.63, 3.8) is 0 Å². The molecule has 0 saturated carbocycles. The Labute approximate surface area is 156 Å². The average Bonchev–Trinajstić information content (AvgIpc) is 3.12. The molecule has 0 bridgehead atoms. The number of hydrogen-bond acceptors (Lipinski definition) is 4. The summed E-state index contributed by atoms with van der Waals surface area (Å²) in [5, 5.41) is 5.65. The van der Waals surface area contributed by atoms with Gasteiger partial charge in [0.25, 0.3) is 0 Å². The summed E-state index contributed by atoms with van der Waals surface area (Å²) in [4.78, 5) is 17.2. The third-order valence-corrected chi connectivity index (χ3v) is 4.67. The number of nitrogens with zero attached hydrogens (tertiary/aromatic N) is 3. The Kier molecular flexibility index (Phi) is 4.99. The third-order valence-electron chi connectivity index (χ3n) is 4.14. The number of quaternary nitrogens is 1. The van der Waals surface area contributed by atoms with Gasteiger partial charge in [-0.15, -0.1) is 0 Å². The minimum absolute atomic E-state index is 0.0935. The van der Waals surface area contributed by atoms with E-state index in [4.69, 9.17) is 4.74 Å². The van der Waals surface area contributed by atoms with Crippen LogP contribution in [0.5, 0.6) is 0 Å². The van der Waals surface area contributed by atoms with Gasteiger partial charge in [0.05, 0.1) is 6.20 Å². The average molecular weight is 408 g/mol. The van der Waals surface area contributed by atoms with Crippen LogP contribution in [0.25, 0.3) is 5.70 Å². The fourth-order valence-electron chi connectivity index (χ4n) is 2.99. The molecule has 0 unspecified atom stereocenters. The summed E-state index contributed by atoms with van der Waals surface area (Å²) >= 11 is 3.45. The van der Waals surface area contributed by atoms with Crippen molar-refractivity contribution >= 4 is 33.6 Å². The van der Waals surface area contributed by atoms with Crippen LogP contribution in [-0.4, -0.2) is 47.2 Å². The molecule has 7 heteroatoms. The van der Waals surface area contributed by atoms with Crippen LogP contribution in [0.2, 0.25) is 0 Å². The van der Waals surface area contributed by atoms with E-state index in [1.165, 1.54) is 0 Å². The first-order valence-corrected chi connectivity index (χ1v) is 9.16. The summed E-state index contributed by atoms with van der Waals surface area (Å²) in [5.74, 6) is 0.896. The van der Waals surface area contributed by atoms with Gasteiger partial charge < -0.3 is 4.74 Å². The Morgan fingerprint density at radius 3 is 2.64 bits per heavy atom. The smallest absolute Gasteiger partial charge is 0.425 e. The van der Waals surface area contributed by atoms with Gasteiger partial charge >= 0.3 is 6.09 Å². The van der Waals surface area contributed by atoms with Crippen molar-refractivity contribution in [2.24, 2.45) is 4.99 Å². The van der Waals surface area contributed by atoms with E-state index in [1.807, 2.05) is 51.2 Å². The third kappa shape index (κ3) is 4.11. The number of nitrogens with two attached hydrogens (primary N) is 1. The molecule has 0 aromatic heterocycles. The fourth-order valence-corrected chi connectivity index (χ4v) is 3.25. The van der Waals surface area contributed by atoms with Crippen LogP contribution < -0.4 is 5.32 Å². The van der Waals surface area contributed by atoms with Crippen molar-refractivity contribution in [1.29, 1.82) is 0 Å². The van der Waals surface area contributed by atoms with Crippen LogP contribution in [0.4, 0.5) is 4.79 Å². The molecule has 134 valence electrons. The lowest BCUT2D eigenvalue weighted by atomic mass is 10.1. The molecule has 1 saturated heterocycles. The highest BCUT2D eigenvalue weighted by Gasteiger charge is 2.42. The topological polar surface area (TPSA) is 61.8 Å². The lowest BCUT2D eigenvalue weighted by Crippen LogP contribution is -2.87. The first-order valence-electron chi connectivity index (χ1n) is 8.36. The molecule has 0 radical (unpaired) electrons. The zero-order valence-corrected chi connectivity index (χ0v) is 16.6. The fraction of sp³-hybridized carbons (Fsp3) is 0.444. The molecule has 1 aromatic rings. The standard InChI is InChI=1S/C18H23BrN4O2/c1-18(2,3)25-17(24)23-15(9-10-22(23)4)16-20-11-14(21-16)12-5-7-13(19)8-6-12/h5-8,11,15H,9-10H2,1-4H3,(H,20,21)/p+1/t15-/m0/s1. The van der Waals surface area contributed by atoms with E-state index in [2.05, 4.69) is 38.4 Å². The molecule has 2 heterocycles. The SMILES string of the molecule is CN1CC[C@@H](C2=NC=C(c3ccc(Br)cc3)[NH2+]2)N1C(=O)OC(C)(C)C. The Morgan fingerprint density at radius 1 is 1.32 bits per heavy atom. The Bertz CT molecular complexity index is 722. The number of aliphatic imine (C=N–C) groups is 1. The van der Waals surface area contributed by atoms with Crippen LogP contribution in [0.15, 0.2) is 39.9 Å². The minimum atomic E-state index is -0.521. The Morgan fingerprint density at radius 2 is 2.00 bits per heavy atom. The highest BCUT2D eigenvalue weighted by molar-refractivity contribution is 9.10. The molecule has 1 amide bonds. The molecule has 0 spiro atoms. The first-order chi connectivity index (χ1) is 11.7. The number of halogens is 1. The highest BCUT2D eigenvalue weighted by Crippen LogP contribution is 2.23. The summed E-state index contributed by atoms with van der Waals surface area (Å²) in [6.07, 6.45) is 2.38. The van der Waals surface area contributed by atoms with Crippen LogP contribution in [-0.2, 0) is 4.74 Å². The molecular weight excluding hydrogens is 384 g/mol. The van der Waals surface area contributed by atoms with Crippen molar-refractivity contribution in [3.8, 4) is 0 Å². The van der Waals surface area contributed by atoms with Crippen molar-refractivity contribution < 1.29 is 14.8 Å². The van der Waals surface area contributed by atoms with Crippen LogP contribution in [0, 0.1) is 0 Å². The monoisotopic (exact) mass is 407 g/mol. The maximum Gasteiger partial charge on any atom is 0.425 e. The quantitative estimate of drug-likeness (QED) is 0.819. The molecule has 0 aliphatic carbocycles. The predicted molar refractivity (Wildman–Crippen MR) is 101 cm³/mol. The van der Waals surface area contributed by atoms with E-state index in [9.17, 15) is 4.79 Å². The zero-order valence-electron chi connectivity index (χ0n) is 15.0. The van der Waals surface area contributed by atoms with Crippen LogP contribution in [0.3, 0.4) is 0 Å². The van der Waals surface area contributed by atoms with E-state index in [-0.39, 0.29) is 12.1 Å². The number of carbonyl (C=O) groups excluding carboxylic acids is 1. The maximum atomic E-state index is 12.6. The second-order valence-corrected chi connectivity index (χ2v) is 8.22. The van der Waals surface area contributed by atoms with Crippen LogP contribution >= 0.6 is 15.9 Å². The largest absolute Gasteiger partial charge is 0.443 e. The van der Waals surface area contributed by atoms with E-state index in [1.54, 1.807) is 5.01 Å². The second-order valence-electron chi connectivity index (χ2n) is 7.30. The summed E-state index contributed by atoms with van der Waals surface area (Å²) in [5.41, 5.74) is 1.64. The number of rotatable bonds is 2. The number of ether oxygens (including phenoxy) is 1. The van der Waals surface area contributed by atoms with Crippen molar-refractivity contribution in [3.05, 3.63) is 40.5 Å². The van der Waals surface area contributed by atoms with E-state index in [0.29, 0.717) is 0 Å². The van der Waals surface area contributed by atoms with Gasteiger partial charge in [0, 0.05) is 23.6 Å². The van der Waals surface area contributed by atoms with Gasteiger partial charge in [-0.25, -0.2) is 19.8 Å². The maximum absolute atomic E-state index is 12.6. The van der Waals surface area contributed by atoms with Gasteiger partial charge in [0.2, 0.25) is 5.84 Å². The first kappa shape index (κ1) is 18.1. The minimum Gasteiger partial charge on any atom is -0.443 e. The number of amidine groups is 1. The van der Waals surface area contributed by atoms with E-state index in [0.717, 1.165) is 34.5 Å². The molecular formula is C18H24BrN4O2+. The van der Waals surface area contributed by atoms with Crippen molar-refractivity contribution in [2.45, 2.75) is 38.8 Å². The molecule has 3 rings (SSSR count). The summed E-state index contributed by atoms with van der Waals surface area (Å²) in [7, 11) is 1.91. The Hall–Kier alpha value is -1.70. The van der Waals surface area contributed by atoms with Crippen molar-refractivity contribution in [1.82, 2.24) is 10.0 Å². The highest BCUT2D eigenvalue weighted by atomic mass is 79.9. The van der Waals surface area contributed by atoms with Gasteiger partial charge in [-0.05, 0) is 51.5 Å². The summed E-state index contributed by atoms with van der Waals surface area (Å²) < 4.78 is 6.61. The second kappa shape index (κ2) is 6.90. The Balaban J connectivity index is 1.71. The molecule has 2 aliphatic rings. The van der Waals surface area contributed by atoms with E-state index >= 15 is 0 Å². The molecule has 6 nitrogen and oxygen atoms in total. The van der Waals surface area contributed by atoms with Gasteiger partial charge in [0.1, 0.15) is 11.6 Å².